The van der Waals surface area contributed by atoms with Crippen molar-refractivity contribution < 1.29 is 37.1 Å². The van der Waals surface area contributed by atoms with Crippen LogP contribution >= 0.6 is 11.6 Å². The average Bonchev–Trinajstić information content (AvgIpc) is 3.05. The molecule has 0 radical (unpaired) electrons. The summed E-state index contributed by atoms with van der Waals surface area (Å²) in [5, 5.41) is 10.1. The Morgan fingerprint density at radius 3 is 2.36 bits per heavy atom. The number of ether oxygens (including phenoxy) is 1. The number of Topliss-reactive ketones (excluding diaryl/α,β-unsaturated/α-hetero) is 1. The molecule has 1 saturated heterocycles. The average molecular weight is 717 g/mol. The maximum absolute atomic E-state index is 13.4. The molecule has 4 amide bonds. The van der Waals surface area contributed by atoms with Crippen LogP contribution in [0.1, 0.15) is 63.9 Å². The van der Waals surface area contributed by atoms with Gasteiger partial charge in [-0.05, 0) is 94.7 Å². The summed E-state index contributed by atoms with van der Waals surface area (Å²) in [6.45, 7) is 2.35. The van der Waals surface area contributed by atoms with Gasteiger partial charge in [-0.1, -0.05) is 30.9 Å². The van der Waals surface area contributed by atoms with Gasteiger partial charge in [0.1, 0.15) is 29.1 Å². The number of alkyl halides is 3. The number of nitrogens with one attached hydrogen (secondary N) is 4. The van der Waals surface area contributed by atoms with Gasteiger partial charge in [0.25, 0.3) is 0 Å². The molecule has 0 saturated carbocycles. The van der Waals surface area contributed by atoms with Gasteiger partial charge in [0.05, 0.1) is 16.6 Å². The van der Waals surface area contributed by atoms with Crippen LogP contribution in [0.2, 0.25) is 5.02 Å². The van der Waals surface area contributed by atoms with E-state index in [0.717, 1.165) is 44.4 Å². The van der Waals surface area contributed by atoms with Gasteiger partial charge in [0, 0.05) is 30.1 Å². The number of nitrogens with zero attached hydrogens (tertiary/aromatic N) is 2. The number of halogens is 4. The van der Waals surface area contributed by atoms with Crippen LogP contribution in [0, 0.1) is 0 Å². The molecule has 1 aliphatic rings. The fraction of sp³-hybridized carbons (Fsp3) is 0.400. The number of piperidine rings is 1. The van der Waals surface area contributed by atoms with Crippen molar-refractivity contribution in [3.8, 4) is 11.5 Å². The van der Waals surface area contributed by atoms with E-state index in [9.17, 15) is 32.3 Å². The number of hydrogen-bond donors (Lipinski definition) is 4. The third-order valence-corrected chi connectivity index (χ3v) is 8.42. The van der Waals surface area contributed by atoms with Crippen LogP contribution in [0.4, 0.5) is 35.2 Å². The van der Waals surface area contributed by atoms with E-state index < -0.39 is 34.7 Å². The number of urea groups is 1. The molecule has 2 aromatic carbocycles. The highest BCUT2D eigenvalue weighted by Crippen LogP contribution is 2.36. The first kappa shape index (κ1) is 38.1. The lowest BCUT2D eigenvalue weighted by Crippen LogP contribution is -2.53. The number of carbonyl (C=O) groups excluding carboxylic acids is 4. The molecule has 11 nitrogen and oxygen atoms in total. The molecule has 2 atom stereocenters. The second-order valence-electron chi connectivity index (χ2n) is 12.1. The van der Waals surface area contributed by atoms with E-state index in [0.29, 0.717) is 42.9 Å². The number of aromatic nitrogens is 1. The zero-order valence-corrected chi connectivity index (χ0v) is 28.5. The second-order valence-corrected chi connectivity index (χ2v) is 12.5. The van der Waals surface area contributed by atoms with Crippen molar-refractivity contribution >= 4 is 52.4 Å². The molecule has 1 unspecified atom stereocenters. The number of anilines is 3. The maximum Gasteiger partial charge on any atom is 0.417 e. The van der Waals surface area contributed by atoms with E-state index in [1.807, 2.05) is 11.9 Å². The van der Waals surface area contributed by atoms with Gasteiger partial charge >= 0.3 is 12.2 Å². The summed E-state index contributed by atoms with van der Waals surface area (Å²) in [4.78, 5) is 56.5. The molecule has 4 N–H and O–H groups in total. The Bertz CT molecular complexity index is 1660. The van der Waals surface area contributed by atoms with Crippen molar-refractivity contribution in [2.45, 2.75) is 76.6 Å². The first-order valence-corrected chi connectivity index (χ1v) is 16.7. The first-order chi connectivity index (χ1) is 23.8. The topological polar surface area (TPSA) is 142 Å². The normalized spacial score (nSPS) is 15.4. The lowest BCUT2D eigenvalue weighted by Gasteiger charge is -2.32. The number of ketones is 1. The van der Waals surface area contributed by atoms with Gasteiger partial charge in [-0.3, -0.25) is 14.5 Å². The fourth-order valence-corrected chi connectivity index (χ4v) is 5.68. The molecule has 4 rings (SSSR count). The molecule has 3 aromatic rings. The van der Waals surface area contributed by atoms with Crippen LogP contribution in [-0.2, 0) is 20.6 Å². The molecule has 50 heavy (non-hydrogen) atoms. The van der Waals surface area contributed by atoms with E-state index in [2.05, 4.69) is 26.3 Å². The lowest BCUT2D eigenvalue weighted by molar-refractivity contribution is -0.137. The van der Waals surface area contributed by atoms with Gasteiger partial charge in [-0.25, -0.2) is 9.78 Å². The van der Waals surface area contributed by atoms with E-state index in [4.69, 9.17) is 16.3 Å². The van der Waals surface area contributed by atoms with Crippen molar-refractivity contribution in [1.29, 1.82) is 0 Å². The molecular weight excluding hydrogens is 677 g/mol. The third-order valence-electron chi connectivity index (χ3n) is 8.09. The number of benzene rings is 2. The minimum atomic E-state index is -4.67. The van der Waals surface area contributed by atoms with Crippen LogP contribution in [0.3, 0.4) is 0 Å². The monoisotopic (exact) mass is 716 g/mol. The highest BCUT2D eigenvalue weighted by molar-refractivity contribution is 6.31. The Hall–Kier alpha value is -4.69. The van der Waals surface area contributed by atoms with Gasteiger partial charge in [-0.15, -0.1) is 0 Å². The molecule has 2 heterocycles. The summed E-state index contributed by atoms with van der Waals surface area (Å²) in [6.07, 6.45) is 2.43. The Kier molecular flexibility index (Phi) is 13.6. The summed E-state index contributed by atoms with van der Waals surface area (Å²) in [6, 6.07) is 10.5. The van der Waals surface area contributed by atoms with Crippen LogP contribution < -0.4 is 26.0 Å². The SMILES string of the molecule is CC(=O)CCCCC[C@H](NC(=O)C1CCCCN1C)C(=O)Nc1cc(Oc2ccc(NC(=O)Nc3ccc(Cl)c(C(F)(F)F)c3)cc2)ccn1. The molecule has 1 aromatic heterocycles. The van der Waals surface area contributed by atoms with Crippen LogP contribution in [0.5, 0.6) is 11.5 Å². The van der Waals surface area contributed by atoms with Crippen molar-refractivity contribution in [1.82, 2.24) is 15.2 Å². The molecule has 268 valence electrons. The number of carbonyl (C=O) groups is 4. The van der Waals surface area contributed by atoms with Crippen molar-refractivity contribution in [3.63, 3.8) is 0 Å². The Labute approximate surface area is 293 Å². The Morgan fingerprint density at radius 1 is 0.940 bits per heavy atom. The third kappa shape index (κ3) is 11.7. The first-order valence-electron chi connectivity index (χ1n) is 16.3. The molecular formula is C35H40ClF3N6O5. The second kappa shape index (κ2) is 17.8. The summed E-state index contributed by atoms with van der Waals surface area (Å²) < 4.78 is 45.3. The van der Waals surface area contributed by atoms with Crippen molar-refractivity contribution in [3.05, 3.63) is 71.4 Å². The number of unbranched alkanes of at least 4 members (excludes halogenated alkanes) is 2. The van der Waals surface area contributed by atoms with Gasteiger partial charge in [0.15, 0.2) is 0 Å². The smallest absolute Gasteiger partial charge is 0.417 e. The predicted octanol–water partition coefficient (Wildman–Crippen LogP) is 7.64. The fourth-order valence-electron chi connectivity index (χ4n) is 5.45. The lowest BCUT2D eigenvalue weighted by atomic mass is 10.0. The summed E-state index contributed by atoms with van der Waals surface area (Å²) >= 11 is 5.64. The zero-order chi connectivity index (χ0) is 36.3. The van der Waals surface area contributed by atoms with E-state index >= 15 is 0 Å². The summed E-state index contributed by atoms with van der Waals surface area (Å²) in [5.41, 5.74) is -0.810. The number of rotatable bonds is 14. The van der Waals surface area contributed by atoms with Crippen LogP contribution in [-0.4, -0.2) is 59.2 Å². The molecule has 15 heteroatoms. The van der Waals surface area contributed by atoms with Crippen LogP contribution in [0.15, 0.2) is 60.8 Å². The molecule has 1 aliphatic heterocycles. The molecule has 0 spiro atoms. The number of amides is 4. The van der Waals surface area contributed by atoms with E-state index in [1.54, 1.807) is 25.1 Å². The summed E-state index contributed by atoms with van der Waals surface area (Å²) in [5.74, 6) is 0.445. The van der Waals surface area contributed by atoms with Crippen molar-refractivity contribution in [2.75, 3.05) is 29.5 Å². The molecule has 0 aliphatic carbocycles. The number of pyridine rings is 1. The predicted molar refractivity (Wildman–Crippen MR) is 184 cm³/mol. The van der Waals surface area contributed by atoms with Gasteiger partial charge in [0.2, 0.25) is 11.8 Å². The van der Waals surface area contributed by atoms with Gasteiger partial charge < -0.3 is 30.8 Å². The largest absolute Gasteiger partial charge is 0.457 e. The van der Waals surface area contributed by atoms with Crippen molar-refractivity contribution in [2.24, 2.45) is 0 Å². The standard InChI is InChI=1S/C35H40ClF3N6O5/c1-22(46)8-4-3-5-9-29(43-33(48)30-10-6-7-19-45(30)2)32(47)44-31-21-26(17-18-40-31)50-25-14-11-23(12-15-25)41-34(49)42-24-13-16-28(36)27(20-24)35(37,38)39/h11-18,20-21,29-30H,3-10,19H2,1-2H3,(H,43,48)(H,40,44,47)(H2,41,42,49)/t29-,30?/m0/s1. The van der Waals surface area contributed by atoms with Crippen LogP contribution in [0.25, 0.3) is 0 Å². The highest BCUT2D eigenvalue weighted by Gasteiger charge is 2.33. The molecule has 0 bridgehead atoms. The quantitative estimate of drug-likeness (QED) is 0.126. The zero-order valence-electron chi connectivity index (χ0n) is 27.7. The number of likely N-dealkylation sites (N-methyl/N-ethyl adjacent to an activating group) is 1. The number of likely N-dealkylation sites (tertiary alicyclic amines) is 1. The highest BCUT2D eigenvalue weighted by atomic mass is 35.5. The maximum atomic E-state index is 13.4. The number of hydrogen-bond acceptors (Lipinski definition) is 7. The van der Waals surface area contributed by atoms with E-state index in [1.165, 1.54) is 30.5 Å². The minimum Gasteiger partial charge on any atom is -0.457 e. The Morgan fingerprint density at radius 2 is 1.66 bits per heavy atom. The molecule has 1 fully saturated rings. The minimum absolute atomic E-state index is 0.0880. The van der Waals surface area contributed by atoms with Gasteiger partial charge in [-0.2, -0.15) is 13.2 Å². The Balaban J connectivity index is 1.34. The summed E-state index contributed by atoms with van der Waals surface area (Å²) in [7, 11) is 1.90. The van der Waals surface area contributed by atoms with E-state index in [-0.39, 0.29) is 29.2 Å².